The van der Waals surface area contributed by atoms with Crippen molar-refractivity contribution in [3.05, 3.63) is 12.1 Å². The molecule has 3 rings (SSSR count). The standard InChI is InChI=1S/C20H32N14O8S2/c1-33(7-9-35)19-27-15(21-5-11-43-42-41-37)25-17(29-19)23-13-3-4-14(32-31-13)24-18-26-16(22-6-12-44(38,39)40)28-20(30-18)34(2)8-10-36/h3-4,35-37H,5-12H2,1-2H3,(H,38,39,40)(H2,21,23,25,27,29,31)(H2,22,24,26,28,30,32). The normalized spacial score (nSPS) is 11.2. The highest BCUT2D eigenvalue weighted by atomic mass is 32.2. The van der Waals surface area contributed by atoms with Crippen LogP contribution >= 0.6 is 12.0 Å². The minimum Gasteiger partial charge on any atom is -0.395 e. The number of rotatable bonds is 20. The molecule has 22 nitrogen and oxygen atoms in total. The topological polar surface area (TPSA) is 291 Å². The molecule has 0 aliphatic heterocycles. The van der Waals surface area contributed by atoms with Gasteiger partial charge in [-0.05, 0) is 12.1 Å². The summed E-state index contributed by atoms with van der Waals surface area (Å²) in [7, 11) is -0.852. The van der Waals surface area contributed by atoms with Gasteiger partial charge in [-0.2, -0.15) is 38.3 Å². The molecule has 0 saturated carbocycles. The summed E-state index contributed by atoms with van der Waals surface area (Å²) in [6.07, 6.45) is 0. The molecule has 0 amide bonds. The lowest BCUT2D eigenvalue weighted by Gasteiger charge is -2.17. The number of hydrogen-bond acceptors (Lipinski definition) is 22. The number of aliphatic hydroxyl groups is 2. The second kappa shape index (κ2) is 17.3. The highest BCUT2D eigenvalue weighted by molar-refractivity contribution is 7.94. The summed E-state index contributed by atoms with van der Waals surface area (Å²) in [6.45, 7) is 0.392. The third kappa shape index (κ3) is 11.9. The first kappa shape index (κ1) is 34.5. The average molecular weight is 661 g/mol. The molecule has 242 valence electrons. The zero-order chi connectivity index (χ0) is 32.0. The Kier molecular flexibility index (Phi) is 13.5. The molecule has 0 unspecified atom stereocenters. The van der Waals surface area contributed by atoms with Crippen molar-refractivity contribution in [2.75, 3.05) is 96.1 Å². The smallest absolute Gasteiger partial charge is 0.266 e. The number of nitrogens with one attached hydrogen (secondary N) is 4. The SMILES string of the molecule is CN(CCO)c1nc(NCCSOOO)nc(Nc2ccc(Nc3nc(NCCS(=O)(=O)O)nc(N(C)CCO)n3)nn2)n1. The predicted molar refractivity (Wildman–Crippen MR) is 160 cm³/mol. The van der Waals surface area contributed by atoms with E-state index in [0.29, 0.717) is 12.3 Å². The number of aliphatic hydroxyl groups excluding tert-OH is 2. The van der Waals surface area contributed by atoms with Gasteiger partial charge in [-0.15, -0.1) is 14.5 Å². The zero-order valence-corrected chi connectivity index (χ0v) is 25.2. The van der Waals surface area contributed by atoms with Crippen LogP contribution in [0.3, 0.4) is 0 Å². The first-order valence-corrected chi connectivity index (χ1v) is 15.2. The van der Waals surface area contributed by atoms with Crippen LogP contribution in [0.5, 0.6) is 0 Å². The largest absolute Gasteiger partial charge is 0.395 e. The van der Waals surface area contributed by atoms with Crippen LogP contribution in [0, 0.1) is 0 Å². The zero-order valence-electron chi connectivity index (χ0n) is 23.5. The monoisotopic (exact) mass is 660 g/mol. The number of aromatic nitrogens is 8. The fourth-order valence-corrected chi connectivity index (χ4v) is 3.74. The lowest BCUT2D eigenvalue weighted by atomic mass is 10.5. The molecule has 3 aromatic rings. The molecule has 0 atom stereocenters. The Morgan fingerprint density at radius 3 is 1.70 bits per heavy atom. The van der Waals surface area contributed by atoms with Gasteiger partial charge in [0.1, 0.15) is 0 Å². The molecule has 0 fully saturated rings. The summed E-state index contributed by atoms with van der Waals surface area (Å²) in [5.74, 6) is 1.21. The third-order valence-corrected chi connectivity index (χ3v) is 6.38. The first-order chi connectivity index (χ1) is 21.1. The molecule has 0 aliphatic carbocycles. The van der Waals surface area contributed by atoms with E-state index >= 15 is 0 Å². The summed E-state index contributed by atoms with van der Waals surface area (Å²) in [6, 6.07) is 3.15. The van der Waals surface area contributed by atoms with Crippen LogP contribution in [0.25, 0.3) is 0 Å². The van der Waals surface area contributed by atoms with Crippen LogP contribution in [0.15, 0.2) is 12.1 Å². The molecule has 0 spiro atoms. The Morgan fingerprint density at radius 2 is 1.27 bits per heavy atom. The number of likely N-dealkylation sites (N-methyl/N-ethyl adjacent to an activating group) is 2. The van der Waals surface area contributed by atoms with Crippen LogP contribution < -0.4 is 31.1 Å². The van der Waals surface area contributed by atoms with E-state index in [4.69, 9.17) is 9.81 Å². The number of anilines is 8. The molecule has 3 aromatic heterocycles. The summed E-state index contributed by atoms with van der Waals surface area (Å²) in [5, 5.41) is 50.1. The van der Waals surface area contributed by atoms with E-state index in [-0.39, 0.29) is 80.2 Å². The lowest BCUT2D eigenvalue weighted by Crippen LogP contribution is -2.25. The Balaban J connectivity index is 1.75. The van der Waals surface area contributed by atoms with Gasteiger partial charge in [0.25, 0.3) is 10.1 Å². The first-order valence-electron chi connectivity index (χ1n) is 12.7. The van der Waals surface area contributed by atoms with Gasteiger partial charge < -0.3 is 41.3 Å². The van der Waals surface area contributed by atoms with Gasteiger partial charge in [-0.3, -0.25) is 4.55 Å². The fourth-order valence-electron chi connectivity index (χ4n) is 3.09. The molecule has 0 aliphatic rings. The summed E-state index contributed by atoms with van der Waals surface area (Å²) >= 11 is 0.860. The molecular formula is C20H32N14O8S2. The van der Waals surface area contributed by atoms with Gasteiger partial charge in [-0.25, -0.2) is 5.26 Å². The van der Waals surface area contributed by atoms with Gasteiger partial charge in [0.15, 0.2) is 11.6 Å². The van der Waals surface area contributed by atoms with Gasteiger partial charge in [0, 0.05) is 58.1 Å². The van der Waals surface area contributed by atoms with Crippen LogP contribution in [0.1, 0.15) is 0 Å². The summed E-state index contributed by atoms with van der Waals surface area (Å²) in [4.78, 5) is 28.9. The van der Waals surface area contributed by atoms with Crippen molar-refractivity contribution in [1.82, 2.24) is 40.1 Å². The molecule has 3 heterocycles. The van der Waals surface area contributed by atoms with Crippen molar-refractivity contribution < 1.29 is 37.8 Å². The van der Waals surface area contributed by atoms with Gasteiger partial charge in [0.05, 0.1) is 19.0 Å². The molecule has 0 aromatic carbocycles. The van der Waals surface area contributed by atoms with E-state index < -0.39 is 15.9 Å². The average Bonchev–Trinajstić information content (AvgIpc) is 2.97. The molecule has 0 saturated heterocycles. The van der Waals surface area contributed by atoms with E-state index in [1.807, 2.05) is 0 Å². The van der Waals surface area contributed by atoms with Crippen molar-refractivity contribution in [2.24, 2.45) is 0 Å². The van der Waals surface area contributed by atoms with E-state index in [2.05, 4.69) is 70.7 Å². The third-order valence-electron chi connectivity index (χ3n) is 5.14. The van der Waals surface area contributed by atoms with Gasteiger partial charge >= 0.3 is 0 Å². The minimum atomic E-state index is -4.20. The van der Waals surface area contributed by atoms with Crippen LogP contribution in [0.4, 0.5) is 47.3 Å². The van der Waals surface area contributed by atoms with Crippen molar-refractivity contribution in [1.29, 1.82) is 0 Å². The van der Waals surface area contributed by atoms with Crippen molar-refractivity contribution in [3.63, 3.8) is 0 Å². The molecule has 0 radical (unpaired) electrons. The number of nitrogens with zero attached hydrogens (tertiary/aromatic N) is 10. The van der Waals surface area contributed by atoms with Crippen LogP contribution in [0.2, 0.25) is 0 Å². The minimum absolute atomic E-state index is 0.0197. The second-order valence-corrected chi connectivity index (χ2v) is 10.9. The Bertz CT molecular complexity index is 1430. The van der Waals surface area contributed by atoms with Crippen LogP contribution in [-0.2, 0) is 19.5 Å². The maximum Gasteiger partial charge on any atom is 0.266 e. The molecule has 0 bridgehead atoms. The molecule has 24 heteroatoms. The van der Waals surface area contributed by atoms with Gasteiger partial charge in [0.2, 0.25) is 35.7 Å². The quantitative estimate of drug-likeness (QED) is 0.0236. The van der Waals surface area contributed by atoms with E-state index in [0.717, 1.165) is 12.0 Å². The van der Waals surface area contributed by atoms with Crippen molar-refractivity contribution in [2.45, 2.75) is 0 Å². The Hall–Kier alpha value is -4.04. The van der Waals surface area contributed by atoms with E-state index in [9.17, 15) is 18.6 Å². The van der Waals surface area contributed by atoms with Gasteiger partial charge in [-0.1, -0.05) is 5.04 Å². The predicted octanol–water partition coefficient (Wildman–Crippen LogP) is -1.03. The highest BCUT2D eigenvalue weighted by Gasteiger charge is 2.14. The molecule has 8 N–H and O–H groups in total. The van der Waals surface area contributed by atoms with E-state index in [1.54, 1.807) is 36.0 Å². The molecule has 44 heavy (non-hydrogen) atoms. The Morgan fingerprint density at radius 1 is 0.795 bits per heavy atom. The molecular weight excluding hydrogens is 628 g/mol. The number of hydrogen-bond donors (Lipinski definition) is 8. The van der Waals surface area contributed by atoms with Crippen molar-refractivity contribution >= 4 is 69.5 Å². The van der Waals surface area contributed by atoms with E-state index in [1.165, 1.54) is 0 Å². The second-order valence-electron chi connectivity index (χ2n) is 8.51. The lowest BCUT2D eigenvalue weighted by molar-refractivity contribution is -0.432. The maximum atomic E-state index is 11.0. The van der Waals surface area contributed by atoms with Crippen LogP contribution in [-0.4, -0.2) is 134 Å². The maximum absolute atomic E-state index is 11.0. The summed E-state index contributed by atoms with van der Waals surface area (Å²) < 4.78 is 35.4. The summed E-state index contributed by atoms with van der Waals surface area (Å²) in [5.41, 5.74) is 0. The van der Waals surface area contributed by atoms with Crippen molar-refractivity contribution in [3.8, 4) is 0 Å². The fraction of sp³-hybridized carbons (Fsp3) is 0.500. The Labute approximate surface area is 255 Å². The highest BCUT2D eigenvalue weighted by Crippen LogP contribution is 2.19.